The van der Waals surface area contributed by atoms with Crippen molar-refractivity contribution in [3.8, 4) is 11.5 Å². The molecule has 0 saturated heterocycles. The van der Waals surface area contributed by atoms with Gasteiger partial charge in [0.05, 0.1) is 10.5 Å². The molecule has 7 heteroatoms. The van der Waals surface area contributed by atoms with Crippen LogP contribution >= 0.6 is 0 Å². The van der Waals surface area contributed by atoms with Gasteiger partial charge < -0.3 is 9.47 Å². The van der Waals surface area contributed by atoms with E-state index in [4.69, 9.17) is 9.47 Å². The number of hydrogen-bond acceptors (Lipinski definition) is 6. The first kappa shape index (κ1) is 27.0. The molecule has 184 valence electrons. The summed E-state index contributed by atoms with van der Waals surface area (Å²) in [5.41, 5.74) is 0.197. The Bertz CT molecular complexity index is 892. The Hall–Kier alpha value is -3.22. The SMILES string of the molecule is CCCCCCCCCCCCCC(=O)Oc1ccc(C(=O)Oc2ccc([N+](=O)[O-])cc2)cc1. The molecule has 0 fully saturated rings. The molecule has 0 N–H and O–H groups in total. The van der Waals surface area contributed by atoms with E-state index in [2.05, 4.69) is 6.92 Å². The van der Waals surface area contributed by atoms with Gasteiger partial charge in [-0.3, -0.25) is 14.9 Å². The number of nitrogens with zero attached hydrogens (tertiary/aromatic N) is 1. The summed E-state index contributed by atoms with van der Waals surface area (Å²) in [5.74, 6) is -0.303. The van der Waals surface area contributed by atoms with Gasteiger partial charge in [-0.25, -0.2) is 4.79 Å². The van der Waals surface area contributed by atoms with E-state index in [0.29, 0.717) is 12.2 Å². The van der Waals surface area contributed by atoms with Gasteiger partial charge in [0.25, 0.3) is 5.69 Å². The van der Waals surface area contributed by atoms with Crippen LogP contribution in [-0.2, 0) is 4.79 Å². The molecule has 0 bridgehead atoms. The van der Waals surface area contributed by atoms with Crippen molar-refractivity contribution in [1.82, 2.24) is 0 Å². The number of carbonyl (C=O) groups is 2. The van der Waals surface area contributed by atoms with Crippen LogP contribution in [0.1, 0.15) is 94.3 Å². The first-order valence-corrected chi connectivity index (χ1v) is 12.3. The molecule has 0 unspecified atom stereocenters. The lowest BCUT2D eigenvalue weighted by Gasteiger charge is -2.07. The predicted molar refractivity (Wildman–Crippen MR) is 131 cm³/mol. The minimum atomic E-state index is -0.604. The third-order valence-electron chi connectivity index (χ3n) is 5.56. The summed E-state index contributed by atoms with van der Waals surface area (Å²) in [4.78, 5) is 34.4. The first-order valence-electron chi connectivity index (χ1n) is 12.3. The topological polar surface area (TPSA) is 95.7 Å². The average molecular weight is 470 g/mol. The molecule has 0 saturated carbocycles. The molecule has 0 amide bonds. The summed E-state index contributed by atoms with van der Waals surface area (Å²) < 4.78 is 10.5. The summed E-state index contributed by atoms with van der Waals surface area (Å²) in [6, 6.07) is 11.4. The van der Waals surface area contributed by atoms with Gasteiger partial charge in [-0.15, -0.1) is 0 Å². The second-order valence-corrected chi connectivity index (χ2v) is 8.42. The molecule has 2 aromatic carbocycles. The van der Waals surface area contributed by atoms with Gasteiger partial charge in [0.2, 0.25) is 0 Å². The van der Waals surface area contributed by atoms with Gasteiger partial charge in [0, 0.05) is 18.6 Å². The zero-order valence-electron chi connectivity index (χ0n) is 20.0. The van der Waals surface area contributed by atoms with E-state index in [1.54, 1.807) is 12.1 Å². The van der Waals surface area contributed by atoms with E-state index in [-0.39, 0.29) is 23.0 Å². The van der Waals surface area contributed by atoms with Crippen molar-refractivity contribution in [2.45, 2.75) is 84.0 Å². The number of unbranched alkanes of at least 4 members (excludes halogenated alkanes) is 10. The summed E-state index contributed by atoms with van der Waals surface area (Å²) in [6.07, 6.45) is 13.8. The van der Waals surface area contributed by atoms with Crippen LogP contribution in [0.2, 0.25) is 0 Å². The fraction of sp³-hybridized carbons (Fsp3) is 0.481. The van der Waals surface area contributed by atoms with Crippen molar-refractivity contribution in [3.63, 3.8) is 0 Å². The highest BCUT2D eigenvalue weighted by Gasteiger charge is 2.12. The Morgan fingerprint density at radius 2 is 1.18 bits per heavy atom. The van der Waals surface area contributed by atoms with Crippen molar-refractivity contribution in [2.75, 3.05) is 0 Å². The smallest absolute Gasteiger partial charge is 0.343 e. The molecule has 0 spiro atoms. The van der Waals surface area contributed by atoms with Crippen molar-refractivity contribution in [3.05, 3.63) is 64.2 Å². The molecular formula is C27H35NO6. The minimum Gasteiger partial charge on any atom is -0.427 e. The molecular weight excluding hydrogens is 434 g/mol. The zero-order chi connectivity index (χ0) is 24.6. The third-order valence-corrected chi connectivity index (χ3v) is 5.56. The van der Waals surface area contributed by atoms with E-state index in [0.717, 1.165) is 19.3 Å². The molecule has 0 aliphatic carbocycles. The first-order chi connectivity index (χ1) is 16.5. The Morgan fingerprint density at radius 1 is 0.706 bits per heavy atom. The fourth-order valence-electron chi connectivity index (χ4n) is 3.58. The Balaban J connectivity index is 1.61. The number of hydrogen-bond donors (Lipinski definition) is 0. The third kappa shape index (κ3) is 10.6. The molecule has 0 atom stereocenters. The van der Waals surface area contributed by atoms with Gasteiger partial charge in [-0.1, -0.05) is 71.1 Å². The molecule has 0 aliphatic heterocycles. The predicted octanol–water partition coefficient (Wildman–Crippen LogP) is 7.42. The number of nitro benzene ring substituents is 1. The highest BCUT2D eigenvalue weighted by molar-refractivity contribution is 5.91. The highest BCUT2D eigenvalue weighted by atomic mass is 16.6. The van der Waals surface area contributed by atoms with Gasteiger partial charge in [0.1, 0.15) is 11.5 Å². The number of carbonyl (C=O) groups excluding carboxylic acids is 2. The van der Waals surface area contributed by atoms with Crippen LogP contribution in [0.5, 0.6) is 11.5 Å². The van der Waals surface area contributed by atoms with Crippen LogP contribution in [0.4, 0.5) is 5.69 Å². The number of esters is 2. The second kappa shape index (κ2) is 15.6. The van der Waals surface area contributed by atoms with Crippen molar-refractivity contribution < 1.29 is 24.0 Å². The standard InChI is InChI=1S/C27H35NO6/c1-2-3-4-5-6-7-8-9-10-11-12-13-26(29)33-24-18-14-22(15-19-24)27(30)34-25-20-16-23(17-21-25)28(31)32/h14-21H,2-13H2,1H3. The minimum absolute atomic E-state index is 0.0841. The fourth-order valence-corrected chi connectivity index (χ4v) is 3.58. The van der Waals surface area contributed by atoms with E-state index >= 15 is 0 Å². The average Bonchev–Trinajstić information content (AvgIpc) is 2.83. The Labute approximate surface area is 201 Å². The molecule has 2 rings (SSSR count). The lowest BCUT2D eigenvalue weighted by molar-refractivity contribution is -0.384. The van der Waals surface area contributed by atoms with Crippen LogP contribution < -0.4 is 9.47 Å². The van der Waals surface area contributed by atoms with Gasteiger partial charge in [0.15, 0.2) is 0 Å². The molecule has 0 heterocycles. The summed E-state index contributed by atoms with van der Waals surface area (Å²) in [5, 5.41) is 10.7. The molecule has 2 aromatic rings. The number of nitro groups is 1. The van der Waals surface area contributed by atoms with Crippen LogP contribution in [0.3, 0.4) is 0 Å². The van der Waals surface area contributed by atoms with E-state index in [1.165, 1.54) is 87.8 Å². The molecule has 0 aliphatic rings. The van der Waals surface area contributed by atoms with Crippen molar-refractivity contribution in [2.24, 2.45) is 0 Å². The summed E-state index contributed by atoms with van der Waals surface area (Å²) >= 11 is 0. The molecule has 34 heavy (non-hydrogen) atoms. The molecule has 7 nitrogen and oxygen atoms in total. The number of benzene rings is 2. The van der Waals surface area contributed by atoms with Crippen molar-refractivity contribution >= 4 is 17.6 Å². The van der Waals surface area contributed by atoms with E-state index < -0.39 is 10.9 Å². The van der Waals surface area contributed by atoms with Crippen molar-refractivity contribution in [1.29, 1.82) is 0 Å². The number of ether oxygens (including phenoxy) is 2. The molecule has 0 aromatic heterocycles. The zero-order valence-corrected chi connectivity index (χ0v) is 20.0. The van der Waals surface area contributed by atoms with Gasteiger partial charge in [-0.2, -0.15) is 0 Å². The van der Waals surface area contributed by atoms with Gasteiger partial charge >= 0.3 is 11.9 Å². The Kier molecular flexibility index (Phi) is 12.4. The highest BCUT2D eigenvalue weighted by Crippen LogP contribution is 2.20. The van der Waals surface area contributed by atoms with Crippen LogP contribution in [0.25, 0.3) is 0 Å². The summed E-state index contributed by atoms with van der Waals surface area (Å²) in [6.45, 7) is 2.23. The maximum absolute atomic E-state index is 12.2. The maximum Gasteiger partial charge on any atom is 0.343 e. The second-order valence-electron chi connectivity index (χ2n) is 8.42. The maximum atomic E-state index is 12.2. The van der Waals surface area contributed by atoms with E-state index in [1.807, 2.05) is 0 Å². The summed E-state index contributed by atoms with van der Waals surface area (Å²) in [7, 11) is 0. The lowest BCUT2D eigenvalue weighted by atomic mass is 10.1. The van der Waals surface area contributed by atoms with Crippen LogP contribution in [0.15, 0.2) is 48.5 Å². The number of rotatable bonds is 16. The Morgan fingerprint density at radius 3 is 1.71 bits per heavy atom. The van der Waals surface area contributed by atoms with Crippen LogP contribution in [-0.4, -0.2) is 16.9 Å². The quantitative estimate of drug-likeness (QED) is 0.0834. The van der Waals surface area contributed by atoms with E-state index in [9.17, 15) is 19.7 Å². The number of non-ortho nitro benzene ring substituents is 1. The van der Waals surface area contributed by atoms with Gasteiger partial charge in [-0.05, 0) is 42.8 Å². The monoisotopic (exact) mass is 469 g/mol. The molecule has 0 radical (unpaired) electrons. The largest absolute Gasteiger partial charge is 0.427 e. The lowest BCUT2D eigenvalue weighted by Crippen LogP contribution is -2.10. The van der Waals surface area contributed by atoms with Crippen LogP contribution in [0, 0.1) is 10.1 Å². The normalized spacial score (nSPS) is 10.6.